The second-order valence-electron chi connectivity index (χ2n) is 6.88. The molecule has 0 bridgehead atoms. The van der Waals surface area contributed by atoms with Crippen LogP contribution in [-0.2, 0) is 9.53 Å². The number of anilines is 1. The van der Waals surface area contributed by atoms with Gasteiger partial charge < -0.3 is 15.4 Å². The maximum absolute atomic E-state index is 12.7. The zero-order valence-corrected chi connectivity index (χ0v) is 15.3. The van der Waals surface area contributed by atoms with Crippen LogP contribution in [0.2, 0.25) is 0 Å². The molecule has 1 fully saturated rings. The highest BCUT2D eigenvalue weighted by Gasteiger charge is 2.43. The smallest absolute Gasteiger partial charge is 0.408 e. The Bertz CT molecular complexity index is 572. The van der Waals surface area contributed by atoms with Crippen LogP contribution in [0, 0.1) is 0 Å². The normalized spacial score (nSPS) is 16.7. The monoisotopic (exact) mass is 382 g/mol. The molecule has 1 aromatic carbocycles. The molecule has 0 aliphatic heterocycles. The molecule has 5 nitrogen and oxygen atoms in total. The molecule has 0 atom stereocenters. The maximum atomic E-state index is 12.7. The van der Waals surface area contributed by atoms with Gasteiger partial charge in [-0.1, -0.05) is 28.8 Å². The first-order valence-electron chi connectivity index (χ1n) is 7.78. The third kappa shape index (κ3) is 4.96. The van der Waals surface area contributed by atoms with Crippen molar-refractivity contribution in [1.29, 1.82) is 0 Å². The number of hydrogen-bond acceptors (Lipinski definition) is 3. The van der Waals surface area contributed by atoms with E-state index in [2.05, 4.69) is 26.6 Å². The maximum Gasteiger partial charge on any atom is 0.408 e. The molecule has 0 spiro atoms. The van der Waals surface area contributed by atoms with Gasteiger partial charge in [0.15, 0.2) is 0 Å². The molecule has 23 heavy (non-hydrogen) atoms. The van der Waals surface area contributed by atoms with E-state index in [4.69, 9.17) is 4.74 Å². The molecular weight excluding hydrogens is 360 g/mol. The molecule has 0 unspecified atom stereocenters. The van der Waals surface area contributed by atoms with E-state index in [1.807, 2.05) is 24.3 Å². The van der Waals surface area contributed by atoms with Crippen molar-refractivity contribution in [2.45, 2.75) is 57.6 Å². The number of carbonyl (C=O) groups is 2. The molecule has 1 aliphatic carbocycles. The third-order valence-corrected chi connectivity index (χ3v) is 4.26. The lowest BCUT2D eigenvalue weighted by Gasteiger charge is -2.30. The molecule has 0 heterocycles. The van der Waals surface area contributed by atoms with E-state index >= 15 is 0 Å². The molecule has 1 aromatic rings. The number of benzene rings is 1. The summed E-state index contributed by atoms with van der Waals surface area (Å²) in [5.74, 6) is -0.191. The summed E-state index contributed by atoms with van der Waals surface area (Å²) in [6, 6.07) is 7.35. The van der Waals surface area contributed by atoms with Crippen LogP contribution in [0.3, 0.4) is 0 Å². The van der Waals surface area contributed by atoms with E-state index < -0.39 is 17.2 Å². The Morgan fingerprint density at radius 1 is 1.13 bits per heavy atom. The molecule has 1 aliphatic rings. The zero-order valence-electron chi connectivity index (χ0n) is 13.7. The number of rotatable bonds is 3. The van der Waals surface area contributed by atoms with Crippen molar-refractivity contribution in [3.63, 3.8) is 0 Å². The largest absolute Gasteiger partial charge is 0.444 e. The molecule has 1 saturated carbocycles. The summed E-state index contributed by atoms with van der Waals surface area (Å²) >= 11 is 3.36. The van der Waals surface area contributed by atoms with Gasteiger partial charge in [0.2, 0.25) is 5.91 Å². The Morgan fingerprint density at radius 3 is 2.22 bits per heavy atom. The highest BCUT2D eigenvalue weighted by Crippen LogP contribution is 2.31. The number of amides is 2. The van der Waals surface area contributed by atoms with Gasteiger partial charge in [-0.3, -0.25) is 4.79 Å². The summed E-state index contributed by atoms with van der Waals surface area (Å²) in [4.78, 5) is 24.8. The second-order valence-corrected chi connectivity index (χ2v) is 7.79. The number of alkyl carbamates (subject to hydrolysis) is 1. The summed E-state index contributed by atoms with van der Waals surface area (Å²) in [6.07, 6.45) is 2.50. The lowest BCUT2D eigenvalue weighted by atomic mass is 9.96. The van der Waals surface area contributed by atoms with E-state index in [-0.39, 0.29) is 5.91 Å². The first kappa shape index (κ1) is 17.8. The Kier molecular flexibility index (Phi) is 5.34. The van der Waals surface area contributed by atoms with E-state index in [1.54, 1.807) is 20.8 Å². The van der Waals surface area contributed by atoms with Crippen molar-refractivity contribution >= 4 is 33.6 Å². The highest BCUT2D eigenvalue weighted by molar-refractivity contribution is 9.10. The standard InChI is InChI=1S/C17H23BrN2O3/c1-16(2,3)23-15(22)20-17(10-4-5-11-17)14(21)19-13-8-6-12(18)7-9-13/h6-9H,4-5,10-11H2,1-3H3,(H,19,21)(H,20,22). The van der Waals surface area contributed by atoms with E-state index in [1.165, 1.54) is 0 Å². The summed E-state index contributed by atoms with van der Waals surface area (Å²) in [5, 5.41) is 5.69. The lowest BCUT2D eigenvalue weighted by molar-refractivity contribution is -0.122. The summed E-state index contributed by atoms with van der Waals surface area (Å²) in [7, 11) is 0. The van der Waals surface area contributed by atoms with Gasteiger partial charge in [-0.15, -0.1) is 0 Å². The number of carbonyl (C=O) groups excluding carboxylic acids is 2. The van der Waals surface area contributed by atoms with Crippen molar-refractivity contribution in [2.75, 3.05) is 5.32 Å². The fourth-order valence-corrected chi connectivity index (χ4v) is 2.93. The molecular formula is C17H23BrN2O3. The molecule has 0 radical (unpaired) electrons. The molecule has 2 N–H and O–H groups in total. The topological polar surface area (TPSA) is 67.4 Å². The summed E-state index contributed by atoms with van der Waals surface area (Å²) < 4.78 is 6.25. The van der Waals surface area contributed by atoms with Crippen LogP contribution in [0.4, 0.5) is 10.5 Å². The predicted octanol–water partition coefficient (Wildman–Crippen LogP) is 4.23. The minimum atomic E-state index is -0.893. The van der Waals surface area contributed by atoms with Gasteiger partial charge in [-0.2, -0.15) is 0 Å². The van der Waals surface area contributed by atoms with Crippen molar-refractivity contribution < 1.29 is 14.3 Å². The average molecular weight is 383 g/mol. The summed E-state index contributed by atoms with van der Waals surface area (Å²) in [5.41, 5.74) is -0.781. The third-order valence-electron chi connectivity index (χ3n) is 3.73. The fourth-order valence-electron chi connectivity index (χ4n) is 2.67. The second kappa shape index (κ2) is 6.91. The van der Waals surface area contributed by atoms with Crippen molar-refractivity contribution in [3.05, 3.63) is 28.7 Å². The van der Waals surface area contributed by atoms with Gasteiger partial charge in [0.1, 0.15) is 11.1 Å². The first-order chi connectivity index (χ1) is 10.7. The van der Waals surface area contributed by atoms with Crippen LogP contribution in [-0.4, -0.2) is 23.1 Å². The molecule has 0 saturated heterocycles. The van der Waals surface area contributed by atoms with Gasteiger partial charge >= 0.3 is 6.09 Å². The van der Waals surface area contributed by atoms with Crippen LogP contribution in [0.1, 0.15) is 46.5 Å². The van der Waals surface area contributed by atoms with Gasteiger partial charge in [0.05, 0.1) is 0 Å². The number of nitrogens with one attached hydrogen (secondary N) is 2. The molecule has 2 rings (SSSR count). The van der Waals surface area contributed by atoms with E-state index in [0.717, 1.165) is 17.3 Å². The van der Waals surface area contributed by atoms with Gasteiger partial charge in [-0.05, 0) is 57.9 Å². The molecule has 2 amide bonds. The average Bonchev–Trinajstić information content (AvgIpc) is 2.89. The van der Waals surface area contributed by atoms with Crippen LogP contribution in [0.5, 0.6) is 0 Å². The zero-order chi connectivity index (χ0) is 17.1. The minimum Gasteiger partial charge on any atom is -0.444 e. The highest BCUT2D eigenvalue weighted by atomic mass is 79.9. The Balaban J connectivity index is 2.08. The Hall–Kier alpha value is -1.56. The van der Waals surface area contributed by atoms with Gasteiger partial charge in [0.25, 0.3) is 0 Å². The molecule has 126 valence electrons. The van der Waals surface area contributed by atoms with Crippen molar-refractivity contribution in [2.24, 2.45) is 0 Å². The first-order valence-corrected chi connectivity index (χ1v) is 8.58. The minimum absolute atomic E-state index is 0.191. The van der Waals surface area contributed by atoms with Crippen molar-refractivity contribution in [3.8, 4) is 0 Å². The number of halogens is 1. The fraction of sp³-hybridized carbons (Fsp3) is 0.529. The van der Waals surface area contributed by atoms with Crippen LogP contribution < -0.4 is 10.6 Å². The lowest BCUT2D eigenvalue weighted by Crippen LogP contribution is -2.55. The van der Waals surface area contributed by atoms with Crippen LogP contribution >= 0.6 is 15.9 Å². The van der Waals surface area contributed by atoms with E-state index in [9.17, 15) is 9.59 Å². The van der Waals surface area contributed by atoms with Crippen LogP contribution in [0.15, 0.2) is 28.7 Å². The predicted molar refractivity (Wildman–Crippen MR) is 93.3 cm³/mol. The van der Waals surface area contributed by atoms with E-state index in [0.29, 0.717) is 18.5 Å². The Labute approximate surface area is 145 Å². The number of hydrogen-bond donors (Lipinski definition) is 2. The SMILES string of the molecule is CC(C)(C)OC(=O)NC1(C(=O)Nc2ccc(Br)cc2)CCCC1. The summed E-state index contributed by atoms with van der Waals surface area (Å²) in [6.45, 7) is 5.40. The van der Waals surface area contributed by atoms with Gasteiger partial charge in [0, 0.05) is 10.2 Å². The molecule has 0 aromatic heterocycles. The van der Waals surface area contributed by atoms with Crippen LogP contribution in [0.25, 0.3) is 0 Å². The Morgan fingerprint density at radius 2 is 1.70 bits per heavy atom. The molecule has 6 heteroatoms. The van der Waals surface area contributed by atoms with Crippen molar-refractivity contribution in [1.82, 2.24) is 5.32 Å². The quantitative estimate of drug-likeness (QED) is 0.821. The number of ether oxygens (including phenoxy) is 1. The van der Waals surface area contributed by atoms with Gasteiger partial charge in [-0.25, -0.2) is 4.79 Å².